The third-order valence-electron chi connectivity index (χ3n) is 16.8. The van der Waals surface area contributed by atoms with Crippen LogP contribution in [0.15, 0.2) is 164 Å². The highest BCUT2D eigenvalue weighted by Crippen LogP contribution is 2.68. The molecule has 0 amide bonds. The molecule has 0 saturated heterocycles. The molecule has 4 bridgehead atoms. The van der Waals surface area contributed by atoms with Crippen molar-refractivity contribution < 1.29 is 0 Å². The fraction of sp³-hybridized carbons (Fsp3) is 0.288. The fourth-order valence-corrected chi connectivity index (χ4v) is 14.4. The molecule has 0 radical (unpaired) electrons. The average molecular weight is 776 g/mol. The molecule has 7 aliphatic carbocycles. The summed E-state index contributed by atoms with van der Waals surface area (Å²) in [6.07, 6.45) is 14.9. The first kappa shape index (κ1) is 35.1. The molecule has 1 heteroatoms. The van der Waals surface area contributed by atoms with Gasteiger partial charge in [-0.3, -0.25) is 0 Å². The Hall–Kier alpha value is -5.66. The monoisotopic (exact) mass is 775 g/mol. The minimum absolute atomic E-state index is 0.100. The molecule has 14 rings (SSSR count). The minimum atomic E-state index is 0.100. The van der Waals surface area contributed by atoms with E-state index >= 15 is 0 Å². The summed E-state index contributed by atoms with van der Waals surface area (Å²) in [5.41, 5.74) is 21.2. The third-order valence-corrected chi connectivity index (χ3v) is 16.8. The summed E-state index contributed by atoms with van der Waals surface area (Å²) in [5.74, 6) is 3.36. The van der Waals surface area contributed by atoms with Gasteiger partial charge in [-0.05, 0) is 172 Å². The second-order valence-electron chi connectivity index (χ2n) is 19.5. The first-order chi connectivity index (χ1) is 29.7. The SMILES string of the molecule is c1ccc(-c2ccc(-c3ccc(N(c4ccc5c(c4)-c4ccccc4C54C5CCC6CC(C5)CC4C6)c4ccc5c(c4)C4(CCCCC4)c4ccccc4-5)cc3)cc2)cc1. The van der Waals surface area contributed by atoms with Crippen LogP contribution >= 0.6 is 0 Å². The first-order valence-electron chi connectivity index (χ1n) is 23.2. The molecule has 0 aromatic heterocycles. The second-order valence-corrected chi connectivity index (χ2v) is 19.5. The summed E-state index contributed by atoms with van der Waals surface area (Å²) < 4.78 is 0. The van der Waals surface area contributed by atoms with Crippen LogP contribution < -0.4 is 4.90 Å². The zero-order chi connectivity index (χ0) is 39.4. The maximum Gasteiger partial charge on any atom is 0.0468 e. The first-order valence-corrected chi connectivity index (χ1v) is 23.2. The van der Waals surface area contributed by atoms with Crippen molar-refractivity contribution in [2.45, 2.75) is 81.5 Å². The van der Waals surface area contributed by atoms with Crippen molar-refractivity contribution >= 4 is 17.1 Å². The number of nitrogens with zero attached hydrogens (tertiary/aromatic N) is 1. The molecule has 5 atom stereocenters. The third kappa shape index (κ3) is 5.05. The summed E-state index contributed by atoms with van der Waals surface area (Å²) >= 11 is 0. The molecular formula is C59H53N. The van der Waals surface area contributed by atoms with Gasteiger partial charge in [0.2, 0.25) is 0 Å². The molecular weight excluding hydrogens is 723 g/mol. The van der Waals surface area contributed by atoms with Crippen molar-refractivity contribution in [3.8, 4) is 44.5 Å². The van der Waals surface area contributed by atoms with Gasteiger partial charge >= 0.3 is 0 Å². The van der Waals surface area contributed by atoms with E-state index in [2.05, 4.69) is 169 Å². The van der Waals surface area contributed by atoms with Crippen molar-refractivity contribution in [2.75, 3.05) is 4.90 Å². The summed E-state index contributed by atoms with van der Waals surface area (Å²) in [6, 6.07) is 63.3. The Labute approximate surface area is 356 Å². The number of benzene rings is 7. The molecule has 7 aliphatic rings. The van der Waals surface area contributed by atoms with Crippen molar-refractivity contribution in [1.82, 2.24) is 0 Å². The second kappa shape index (κ2) is 13.4. The maximum atomic E-state index is 2.61. The zero-order valence-corrected chi connectivity index (χ0v) is 34.6. The van der Waals surface area contributed by atoms with Crippen LogP contribution in [0.3, 0.4) is 0 Å². The number of fused-ring (bicyclic) bond motifs is 9. The van der Waals surface area contributed by atoms with Gasteiger partial charge in [0.25, 0.3) is 0 Å². The van der Waals surface area contributed by atoms with Crippen LogP contribution in [-0.2, 0) is 10.8 Å². The highest BCUT2D eigenvalue weighted by molar-refractivity contribution is 5.90. The van der Waals surface area contributed by atoms with Crippen LogP contribution in [0, 0.1) is 23.7 Å². The van der Waals surface area contributed by atoms with Crippen LogP contribution in [0.2, 0.25) is 0 Å². The van der Waals surface area contributed by atoms with E-state index < -0.39 is 0 Å². The minimum Gasteiger partial charge on any atom is -0.310 e. The molecule has 1 nitrogen and oxygen atoms in total. The molecule has 0 N–H and O–H groups in total. The van der Waals surface area contributed by atoms with Gasteiger partial charge in [0, 0.05) is 27.9 Å². The highest BCUT2D eigenvalue weighted by atomic mass is 15.1. The van der Waals surface area contributed by atoms with E-state index in [9.17, 15) is 0 Å². The van der Waals surface area contributed by atoms with Gasteiger partial charge in [-0.25, -0.2) is 0 Å². The molecule has 2 spiro atoms. The van der Waals surface area contributed by atoms with Crippen LogP contribution in [0.4, 0.5) is 17.1 Å². The topological polar surface area (TPSA) is 3.24 Å². The lowest BCUT2D eigenvalue weighted by Gasteiger charge is -2.53. The van der Waals surface area contributed by atoms with Gasteiger partial charge in [0.1, 0.15) is 0 Å². The number of anilines is 3. The fourth-order valence-electron chi connectivity index (χ4n) is 14.4. The Balaban J connectivity index is 0.957. The van der Waals surface area contributed by atoms with Gasteiger partial charge < -0.3 is 4.90 Å². The van der Waals surface area contributed by atoms with E-state index in [4.69, 9.17) is 0 Å². The van der Waals surface area contributed by atoms with Crippen LogP contribution in [-0.4, -0.2) is 0 Å². The van der Waals surface area contributed by atoms with Gasteiger partial charge in [0.15, 0.2) is 0 Å². The highest BCUT2D eigenvalue weighted by Gasteiger charge is 2.59. The molecule has 7 aromatic rings. The molecule has 0 heterocycles. The van der Waals surface area contributed by atoms with Gasteiger partial charge in [-0.15, -0.1) is 0 Å². The number of rotatable bonds is 5. The normalized spacial score (nSPS) is 24.8. The summed E-state index contributed by atoms with van der Waals surface area (Å²) in [7, 11) is 0. The summed E-state index contributed by atoms with van der Waals surface area (Å²) in [6.45, 7) is 0. The Morgan fingerprint density at radius 1 is 0.367 bits per heavy atom. The van der Waals surface area contributed by atoms with Gasteiger partial charge in [-0.2, -0.15) is 0 Å². The van der Waals surface area contributed by atoms with E-state index in [1.165, 1.54) is 138 Å². The van der Waals surface area contributed by atoms with Crippen LogP contribution in [0.25, 0.3) is 44.5 Å². The van der Waals surface area contributed by atoms with E-state index in [1.54, 1.807) is 16.7 Å². The molecule has 60 heavy (non-hydrogen) atoms. The van der Waals surface area contributed by atoms with Crippen LogP contribution in [0.1, 0.15) is 92.9 Å². The molecule has 5 fully saturated rings. The Kier molecular flexibility index (Phi) is 7.86. The van der Waals surface area contributed by atoms with Crippen molar-refractivity contribution in [3.05, 3.63) is 186 Å². The largest absolute Gasteiger partial charge is 0.310 e. The Morgan fingerprint density at radius 2 is 0.917 bits per heavy atom. The molecule has 0 aliphatic heterocycles. The standard InChI is InChI=1S/C59H53N/c1-3-11-41(12-4-1)42-18-20-43(21-19-42)44-22-25-47(26-23-44)60(49-27-29-52-50-13-5-7-15-54(50)58(57(52)38-49)31-9-2-10-32-58)48-28-30-56-53(37-48)51-14-6-8-16-55(51)59(56)45-24-17-39-33-40(35-45)36-46(59)34-39/h1,3-8,11-16,18-23,25-30,37-40,45-46H,2,9-10,17,24,31-36H2. The lowest BCUT2D eigenvalue weighted by molar-refractivity contribution is 0.0618. The predicted molar refractivity (Wildman–Crippen MR) is 249 cm³/mol. The van der Waals surface area contributed by atoms with E-state index in [0.717, 1.165) is 23.7 Å². The molecule has 7 aromatic carbocycles. The summed E-state index contributed by atoms with van der Waals surface area (Å²) in [5, 5.41) is 0. The smallest absolute Gasteiger partial charge is 0.0468 e. The van der Waals surface area contributed by atoms with Crippen molar-refractivity contribution in [2.24, 2.45) is 23.7 Å². The Morgan fingerprint density at radius 3 is 1.68 bits per heavy atom. The van der Waals surface area contributed by atoms with E-state index in [0.29, 0.717) is 0 Å². The van der Waals surface area contributed by atoms with Gasteiger partial charge in [0.05, 0.1) is 0 Å². The lowest BCUT2D eigenvalue weighted by atomic mass is 9.51. The predicted octanol–water partition coefficient (Wildman–Crippen LogP) is 15.8. The molecule has 5 unspecified atom stereocenters. The number of hydrogen-bond acceptors (Lipinski definition) is 1. The molecule has 294 valence electrons. The molecule has 5 saturated carbocycles. The maximum absolute atomic E-state index is 2.61. The summed E-state index contributed by atoms with van der Waals surface area (Å²) in [4.78, 5) is 2.58. The van der Waals surface area contributed by atoms with E-state index in [-0.39, 0.29) is 10.8 Å². The Bertz CT molecular complexity index is 2760. The lowest BCUT2D eigenvalue weighted by Crippen LogP contribution is -2.48. The van der Waals surface area contributed by atoms with Crippen LogP contribution in [0.5, 0.6) is 0 Å². The quantitative estimate of drug-likeness (QED) is 0.168. The number of hydrogen-bond donors (Lipinski definition) is 0. The van der Waals surface area contributed by atoms with Gasteiger partial charge in [-0.1, -0.05) is 153 Å². The van der Waals surface area contributed by atoms with E-state index in [1.807, 2.05) is 0 Å². The van der Waals surface area contributed by atoms with Crippen molar-refractivity contribution in [3.63, 3.8) is 0 Å². The van der Waals surface area contributed by atoms with Crippen molar-refractivity contribution in [1.29, 1.82) is 0 Å². The average Bonchev–Trinajstić information content (AvgIpc) is 3.63. The zero-order valence-electron chi connectivity index (χ0n) is 34.6.